The summed E-state index contributed by atoms with van der Waals surface area (Å²) in [7, 11) is 0. The van der Waals surface area contributed by atoms with Gasteiger partial charge in [-0.2, -0.15) is 0 Å². The van der Waals surface area contributed by atoms with E-state index in [0.717, 1.165) is 41.5 Å². The van der Waals surface area contributed by atoms with Crippen molar-refractivity contribution in [3.8, 4) is 5.75 Å². The zero-order valence-electron chi connectivity index (χ0n) is 17.2. The molecule has 4 heteroatoms. The van der Waals surface area contributed by atoms with E-state index in [1.807, 2.05) is 24.3 Å². The van der Waals surface area contributed by atoms with Gasteiger partial charge in [-0.05, 0) is 84.4 Å². The molecule has 29 heavy (non-hydrogen) atoms. The number of hydrogen-bond acceptors (Lipinski definition) is 3. The smallest absolute Gasteiger partial charge is 0.339 e. The molecule has 0 saturated carbocycles. The van der Waals surface area contributed by atoms with Gasteiger partial charge >= 0.3 is 5.63 Å². The Morgan fingerprint density at radius 1 is 1.17 bits per heavy atom. The van der Waals surface area contributed by atoms with E-state index in [9.17, 15) is 14.3 Å². The van der Waals surface area contributed by atoms with Crippen molar-refractivity contribution in [1.29, 1.82) is 0 Å². The van der Waals surface area contributed by atoms with Gasteiger partial charge in [0.1, 0.15) is 17.1 Å². The highest BCUT2D eigenvalue weighted by Gasteiger charge is 2.25. The van der Waals surface area contributed by atoms with Gasteiger partial charge in [0.15, 0.2) is 0 Å². The third-order valence-electron chi connectivity index (χ3n) is 6.51. The van der Waals surface area contributed by atoms with Gasteiger partial charge in [0.2, 0.25) is 0 Å². The first-order valence-electron chi connectivity index (χ1n) is 10.4. The molecule has 1 N–H and O–H groups in total. The van der Waals surface area contributed by atoms with Gasteiger partial charge in [-0.3, -0.25) is 0 Å². The molecule has 3 aromatic rings. The highest BCUT2D eigenvalue weighted by molar-refractivity contribution is 5.88. The van der Waals surface area contributed by atoms with Crippen molar-refractivity contribution in [2.45, 2.75) is 52.4 Å². The van der Waals surface area contributed by atoms with Crippen LogP contribution in [-0.2, 0) is 19.3 Å². The van der Waals surface area contributed by atoms with Crippen LogP contribution in [0, 0.1) is 17.7 Å². The van der Waals surface area contributed by atoms with Gasteiger partial charge in [-0.25, -0.2) is 9.18 Å². The Labute approximate surface area is 170 Å². The average Bonchev–Trinajstić information content (AvgIpc) is 2.68. The lowest BCUT2D eigenvalue weighted by Gasteiger charge is -2.24. The number of fused-ring (bicyclic) bond motifs is 3. The van der Waals surface area contributed by atoms with Crippen LogP contribution in [0.1, 0.15) is 55.4 Å². The molecule has 4 rings (SSSR count). The van der Waals surface area contributed by atoms with Crippen molar-refractivity contribution in [3.05, 3.63) is 74.9 Å². The largest absolute Gasteiger partial charge is 0.507 e. The van der Waals surface area contributed by atoms with Crippen LogP contribution in [0.5, 0.6) is 5.75 Å². The molecule has 1 aromatic heterocycles. The first-order valence-corrected chi connectivity index (χ1v) is 10.4. The molecule has 0 bridgehead atoms. The Balaban J connectivity index is 1.69. The maximum absolute atomic E-state index is 13.2. The van der Waals surface area contributed by atoms with Crippen LogP contribution >= 0.6 is 0 Å². The minimum absolute atomic E-state index is 0.135. The fraction of sp³-hybridized carbons (Fsp3) is 0.400. The fourth-order valence-corrected chi connectivity index (χ4v) is 4.52. The number of halogens is 1. The molecule has 1 aliphatic rings. The first kappa shape index (κ1) is 19.7. The number of benzene rings is 2. The highest BCUT2D eigenvalue weighted by atomic mass is 19.1. The molecule has 3 nitrogen and oxygen atoms in total. The Hall–Kier alpha value is -2.62. The second-order valence-corrected chi connectivity index (χ2v) is 8.70. The highest BCUT2D eigenvalue weighted by Crippen LogP contribution is 2.38. The van der Waals surface area contributed by atoms with E-state index in [1.54, 1.807) is 0 Å². The molecule has 3 unspecified atom stereocenters. The van der Waals surface area contributed by atoms with Crippen molar-refractivity contribution in [3.63, 3.8) is 0 Å². The summed E-state index contributed by atoms with van der Waals surface area (Å²) in [6.07, 6.45) is 3.27. The number of phenolic OH excluding ortho intramolecular Hbond substituents is 1. The van der Waals surface area contributed by atoms with E-state index in [0.29, 0.717) is 23.3 Å². The summed E-state index contributed by atoms with van der Waals surface area (Å²) in [5.74, 6) is 0.840. The summed E-state index contributed by atoms with van der Waals surface area (Å²) in [5, 5.41) is 11.5. The Kier molecular flexibility index (Phi) is 5.20. The van der Waals surface area contributed by atoms with Crippen LogP contribution in [0.2, 0.25) is 0 Å². The summed E-state index contributed by atoms with van der Waals surface area (Å²) in [6.45, 7) is 6.42. The fourth-order valence-electron chi connectivity index (χ4n) is 4.52. The Morgan fingerprint density at radius 2 is 1.90 bits per heavy atom. The number of aromatic hydroxyl groups is 1. The summed E-state index contributed by atoms with van der Waals surface area (Å²) >= 11 is 0. The molecule has 0 saturated heterocycles. The van der Waals surface area contributed by atoms with E-state index in [-0.39, 0.29) is 29.0 Å². The third kappa shape index (κ3) is 3.81. The molecule has 0 fully saturated rings. The third-order valence-corrected chi connectivity index (χ3v) is 6.51. The molecule has 0 aliphatic heterocycles. The lowest BCUT2D eigenvalue weighted by Crippen LogP contribution is -2.20. The van der Waals surface area contributed by atoms with Crippen LogP contribution < -0.4 is 5.63 Å². The van der Waals surface area contributed by atoms with Crippen LogP contribution in [-0.4, -0.2) is 5.11 Å². The van der Waals surface area contributed by atoms with Gasteiger partial charge < -0.3 is 9.52 Å². The molecular weight excluding hydrogens is 367 g/mol. The maximum Gasteiger partial charge on any atom is 0.339 e. The summed E-state index contributed by atoms with van der Waals surface area (Å²) in [6, 6.07) is 10.3. The summed E-state index contributed by atoms with van der Waals surface area (Å²) in [5.41, 5.74) is 3.88. The molecule has 1 heterocycles. The van der Waals surface area contributed by atoms with Crippen molar-refractivity contribution >= 4 is 11.0 Å². The SMILES string of the molecule is CC1CCc2c(c3c(O)cc(C(C)C(C)Cc4ccc(F)cc4)cc3oc2=O)C1. The molecule has 152 valence electrons. The standard InChI is InChI=1S/C25H27FO3/c1-14-4-9-20-21(10-14)24-22(27)12-18(13-23(24)29-25(20)28)16(3)15(2)11-17-5-7-19(26)8-6-17/h5-8,12-16,27H,4,9-11H2,1-3H3. The van der Waals surface area contributed by atoms with Gasteiger partial charge in [0, 0.05) is 5.56 Å². The lowest BCUT2D eigenvalue weighted by molar-refractivity contribution is 0.454. The summed E-state index contributed by atoms with van der Waals surface area (Å²) in [4.78, 5) is 12.5. The molecular formula is C25H27FO3. The number of hydrogen-bond donors (Lipinski definition) is 1. The van der Waals surface area contributed by atoms with E-state index in [1.165, 1.54) is 12.1 Å². The maximum atomic E-state index is 13.2. The van der Waals surface area contributed by atoms with Crippen molar-refractivity contribution in [2.75, 3.05) is 0 Å². The van der Waals surface area contributed by atoms with Crippen LogP contribution in [0.15, 0.2) is 45.6 Å². The van der Waals surface area contributed by atoms with E-state index in [4.69, 9.17) is 4.42 Å². The van der Waals surface area contributed by atoms with Crippen molar-refractivity contribution < 1.29 is 13.9 Å². The van der Waals surface area contributed by atoms with Crippen molar-refractivity contribution in [2.24, 2.45) is 11.8 Å². The van der Waals surface area contributed by atoms with E-state index < -0.39 is 0 Å². The molecule has 3 atom stereocenters. The van der Waals surface area contributed by atoms with E-state index in [2.05, 4.69) is 20.8 Å². The Morgan fingerprint density at radius 3 is 2.62 bits per heavy atom. The van der Waals surface area contributed by atoms with Gasteiger partial charge in [0.05, 0.1) is 5.39 Å². The molecule has 0 spiro atoms. The normalized spacial score (nSPS) is 18.4. The van der Waals surface area contributed by atoms with Crippen LogP contribution in [0.3, 0.4) is 0 Å². The summed E-state index contributed by atoms with van der Waals surface area (Å²) < 4.78 is 18.8. The second-order valence-electron chi connectivity index (χ2n) is 8.70. The van der Waals surface area contributed by atoms with Gasteiger partial charge in [0.25, 0.3) is 0 Å². The molecule has 1 aliphatic carbocycles. The zero-order chi connectivity index (χ0) is 20.7. The van der Waals surface area contributed by atoms with Gasteiger partial charge in [-0.15, -0.1) is 0 Å². The monoisotopic (exact) mass is 394 g/mol. The quantitative estimate of drug-likeness (QED) is 0.574. The molecule has 0 amide bonds. The van der Waals surface area contributed by atoms with Crippen LogP contribution in [0.4, 0.5) is 4.39 Å². The Bertz CT molecular complexity index is 1100. The minimum atomic E-state index is -0.275. The molecule has 0 radical (unpaired) electrons. The minimum Gasteiger partial charge on any atom is -0.507 e. The topological polar surface area (TPSA) is 50.4 Å². The number of rotatable bonds is 4. The zero-order valence-corrected chi connectivity index (χ0v) is 17.2. The van der Waals surface area contributed by atoms with Gasteiger partial charge in [-0.1, -0.05) is 32.9 Å². The van der Waals surface area contributed by atoms with Crippen molar-refractivity contribution in [1.82, 2.24) is 0 Å². The first-order chi connectivity index (χ1) is 13.8. The molecule has 2 aromatic carbocycles. The average molecular weight is 394 g/mol. The predicted octanol–water partition coefficient (Wildman–Crippen LogP) is 5.74. The second kappa shape index (κ2) is 7.66. The van der Waals surface area contributed by atoms with E-state index >= 15 is 0 Å². The lowest BCUT2D eigenvalue weighted by atomic mass is 9.82. The van der Waals surface area contributed by atoms with Crippen LogP contribution in [0.25, 0.3) is 11.0 Å². The predicted molar refractivity (Wildman–Crippen MR) is 113 cm³/mol. The number of phenols is 1.